The Balaban J connectivity index is 0. The normalized spacial score (nSPS) is 11.0. The predicted molar refractivity (Wildman–Crippen MR) is 36.5 cm³/mol. The fourth-order valence-electron chi connectivity index (χ4n) is 0.139. The van der Waals surface area contributed by atoms with Gasteiger partial charge in [-0.1, -0.05) is 0 Å². The first-order valence-electron chi connectivity index (χ1n) is 2.25. The second-order valence-electron chi connectivity index (χ2n) is 1.29. The first-order valence-corrected chi connectivity index (χ1v) is 5.31. The van der Waals surface area contributed by atoms with Gasteiger partial charge in [0.05, 0.1) is 6.07 Å². The molecule has 0 amide bonds. The van der Waals surface area contributed by atoms with E-state index in [0.717, 1.165) is 0 Å². The van der Waals surface area contributed by atoms with Crippen molar-refractivity contribution in [1.82, 2.24) is 0 Å². The second kappa shape index (κ2) is 5.41. The van der Waals surface area contributed by atoms with E-state index in [1.165, 1.54) is 6.92 Å². The lowest BCUT2D eigenvalue weighted by molar-refractivity contribution is 0.225. The van der Waals surface area contributed by atoms with E-state index in [9.17, 15) is 9.13 Å². The summed E-state index contributed by atoms with van der Waals surface area (Å²) in [4.78, 5) is 31.0. The SMILES string of the molecule is CC#N.O=P(O)(O)OP(=O)(O)O. The molecule has 0 aliphatic heterocycles. The van der Waals surface area contributed by atoms with Gasteiger partial charge in [0.2, 0.25) is 0 Å². The van der Waals surface area contributed by atoms with E-state index >= 15 is 0 Å². The van der Waals surface area contributed by atoms with Gasteiger partial charge < -0.3 is 19.6 Å². The monoisotopic (exact) mass is 219 g/mol. The lowest BCUT2D eigenvalue weighted by atomic mass is 11.0. The zero-order valence-corrected chi connectivity index (χ0v) is 7.64. The fourth-order valence-corrected chi connectivity index (χ4v) is 1.25. The molecule has 10 heteroatoms. The van der Waals surface area contributed by atoms with E-state index in [1.54, 1.807) is 6.07 Å². The van der Waals surface area contributed by atoms with E-state index < -0.39 is 15.6 Å². The molecule has 8 nitrogen and oxygen atoms in total. The van der Waals surface area contributed by atoms with Crippen molar-refractivity contribution in [2.75, 3.05) is 0 Å². The third-order valence-electron chi connectivity index (χ3n) is 0.213. The molecule has 0 aromatic rings. The molecule has 0 radical (unpaired) electrons. The van der Waals surface area contributed by atoms with Crippen molar-refractivity contribution < 1.29 is 33.0 Å². The van der Waals surface area contributed by atoms with Crippen LogP contribution in [0.3, 0.4) is 0 Å². The average Bonchev–Trinajstić information content (AvgIpc) is 1.53. The Labute approximate surface area is 67.9 Å². The van der Waals surface area contributed by atoms with E-state index in [4.69, 9.17) is 24.8 Å². The van der Waals surface area contributed by atoms with Crippen LogP contribution in [0.15, 0.2) is 0 Å². The molecule has 0 rings (SSSR count). The summed E-state index contributed by atoms with van der Waals surface area (Å²) in [5.74, 6) is 0. The van der Waals surface area contributed by atoms with Crippen molar-refractivity contribution in [3.8, 4) is 6.07 Å². The van der Waals surface area contributed by atoms with Crippen molar-refractivity contribution in [2.24, 2.45) is 0 Å². The first-order chi connectivity index (χ1) is 5.12. The number of hydrogen-bond acceptors (Lipinski definition) is 4. The van der Waals surface area contributed by atoms with Gasteiger partial charge in [-0.25, -0.2) is 9.13 Å². The van der Waals surface area contributed by atoms with Crippen molar-refractivity contribution in [2.45, 2.75) is 6.92 Å². The summed E-state index contributed by atoms with van der Waals surface area (Å²) >= 11 is 0. The van der Waals surface area contributed by atoms with Crippen LogP contribution in [0.5, 0.6) is 0 Å². The lowest BCUT2D eigenvalue weighted by Gasteiger charge is -2.03. The quantitative estimate of drug-likeness (QED) is 0.463. The standard InChI is InChI=1S/C2H3N.H4O7P2/c1-2-3;1-8(2,3)7-9(4,5)6/h1H3;(H2,1,2,3)(H2,4,5,6). The van der Waals surface area contributed by atoms with Gasteiger partial charge in [-0.05, 0) is 0 Å². The van der Waals surface area contributed by atoms with Crippen LogP contribution in [-0.4, -0.2) is 19.6 Å². The minimum absolute atomic E-state index is 1.43. The van der Waals surface area contributed by atoms with Gasteiger partial charge in [0.25, 0.3) is 0 Å². The van der Waals surface area contributed by atoms with Crippen LogP contribution < -0.4 is 0 Å². The molecule has 72 valence electrons. The van der Waals surface area contributed by atoms with Crippen LogP contribution in [-0.2, 0) is 13.4 Å². The van der Waals surface area contributed by atoms with Gasteiger partial charge in [0.15, 0.2) is 0 Å². The van der Waals surface area contributed by atoms with E-state index in [1.807, 2.05) is 0 Å². The van der Waals surface area contributed by atoms with Gasteiger partial charge in [0, 0.05) is 6.92 Å². The molecule has 0 bridgehead atoms. The third kappa shape index (κ3) is 22.6. The third-order valence-corrected chi connectivity index (χ3v) is 1.91. The van der Waals surface area contributed by atoms with E-state index in [-0.39, 0.29) is 0 Å². The van der Waals surface area contributed by atoms with Crippen molar-refractivity contribution in [1.29, 1.82) is 5.26 Å². The summed E-state index contributed by atoms with van der Waals surface area (Å²) < 4.78 is 22.2. The maximum atomic E-state index is 9.63. The molecule has 0 atom stereocenters. The van der Waals surface area contributed by atoms with Crippen LogP contribution in [0, 0.1) is 11.3 Å². The number of hydrogen-bond donors (Lipinski definition) is 4. The topological polar surface area (TPSA) is 148 Å². The second-order valence-corrected chi connectivity index (χ2v) is 3.90. The van der Waals surface area contributed by atoms with Crippen LogP contribution in [0.1, 0.15) is 6.92 Å². The fraction of sp³-hybridized carbons (Fsp3) is 0.500. The van der Waals surface area contributed by atoms with Gasteiger partial charge in [0.1, 0.15) is 0 Å². The molecular weight excluding hydrogens is 212 g/mol. The smallest absolute Gasteiger partial charge is 0.302 e. The summed E-state index contributed by atoms with van der Waals surface area (Å²) in [7, 11) is -10.1. The number of phosphoric acid groups is 2. The molecule has 12 heavy (non-hydrogen) atoms. The summed E-state index contributed by atoms with van der Waals surface area (Å²) in [6.45, 7) is 1.43. The van der Waals surface area contributed by atoms with Crippen LogP contribution >= 0.6 is 15.6 Å². The highest BCUT2D eigenvalue weighted by atomic mass is 31.3. The first kappa shape index (κ1) is 14.3. The highest BCUT2D eigenvalue weighted by molar-refractivity contribution is 7.60. The molecule has 0 unspecified atom stereocenters. The molecule has 0 fully saturated rings. The molecule has 0 saturated heterocycles. The Morgan fingerprint density at radius 1 is 1.17 bits per heavy atom. The van der Waals surface area contributed by atoms with Gasteiger partial charge >= 0.3 is 15.6 Å². The molecule has 4 N–H and O–H groups in total. The molecule has 0 heterocycles. The Kier molecular flexibility index (Phi) is 6.43. The number of nitrogens with zero attached hydrogens (tertiary/aromatic N) is 1. The average molecular weight is 219 g/mol. The Morgan fingerprint density at radius 2 is 1.33 bits per heavy atom. The van der Waals surface area contributed by atoms with Crippen molar-refractivity contribution >= 4 is 15.6 Å². The van der Waals surface area contributed by atoms with E-state index in [0.29, 0.717) is 0 Å². The summed E-state index contributed by atoms with van der Waals surface area (Å²) in [6.07, 6.45) is 0. The van der Waals surface area contributed by atoms with Gasteiger partial charge in [-0.15, -0.1) is 0 Å². The van der Waals surface area contributed by atoms with Crippen LogP contribution in [0.2, 0.25) is 0 Å². The highest BCUT2D eigenvalue weighted by Crippen LogP contribution is 2.53. The predicted octanol–water partition coefficient (Wildman–Crippen LogP) is -0.282. The molecule has 0 aromatic heterocycles. The number of rotatable bonds is 2. The maximum absolute atomic E-state index is 9.63. The molecule has 0 aromatic carbocycles. The Bertz CT molecular complexity index is 223. The van der Waals surface area contributed by atoms with Crippen molar-refractivity contribution in [3.63, 3.8) is 0 Å². The Hall–Kier alpha value is -0.250. The van der Waals surface area contributed by atoms with E-state index in [2.05, 4.69) is 4.31 Å². The molecular formula is C2H7NO7P2. The number of nitriles is 1. The Morgan fingerprint density at radius 3 is 1.33 bits per heavy atom. The molecule has 0 spiro atoms. The van der Waals surface area contributed by atoms with Crippen molar-refractivity contribution in [3.05, 3.63) is 0 Å². The molecule has 0 aliphatic carbocycles. The minimum Gasteiger partial charge on any atom is -0.302 e. The summed E-state index contributed by atoms with van der Waals surface area (Å²) in [5, 5.41) is 7.32. The molecule has 0 aliphatic rings. The zero-order valence-electron chi connectivity index (χ0n) is 5.86. The minimum atomic E-state index is -5.05. The van der Waals surface area contributed by atoms with Crippen LogP contribution in [0.25, 0.3) is 0 Å². The summed E-state index contributed by atoms with van der Waals surface area (Å²) in [5.41, 5.74) is 0. The lowest BCUT2D eigenvalue weighted by Crippen LogP contribution is -1.84. The van der Waals surface area contributed by atoms with Gasteiger partial charge in [-0.3, -0.25) is 0 Å². The van der Waals surface area contributed by atoms with Crippen LogP contribution in [0.4, 0.5) is 0 Å². The highest BCUT2D eigenvalue weighted by Gasteiger charge is 2.27. The zero-order chi connectivity index (χ0) is 10.4. The van der Waals surface area contributed by atoms with Gasteiger partial charge in [-0.2, -0.15) is 9.57 Å². The maximum Gasteiger partial charge on any atom is 0.478 e. The summed E-state index contributed by atoms with van der Waals surface area (Å²) in [6, 6.07) is 1.75. The molecule has 0 saturated carbocycles. The largest absolute Gasteiger partial charge is 0.478 e.